The fourth-order valence-corrected chi connectivity index (χ4v) is 5.39. The van der Waals surface area contributed by atoms with Gasteiger partial charge in [-0.25, -0.2) is 0 Å². The normalized spacial score (nSPS) is 15.3. The molecule has 5 nitrogen and oxygen atoms in total. The van der Waals surface area contributed by atoms with E-state index in [9.17, 15) is 14.4 Å². The van der Waals surface area contributed by atoms with Crippen LogP contribution >= 0.6 is 0 Å². The van der Waals surface area contributed by atoms with Gasteiger partial charge >= 0.3 is 0 Å². The molecule has 4 aromatic carbocycles. The van der Waals surface area contributed by atoms with Gasteiger partial charge in [0.1, 0.15) is 0 Å². The average molecular weight is 505 g/mol. The number of hydrogen-bond acceptors (Lipinski definition) is 3. The molecular weight excluding hydrogens is 472 g/mol. The zero-order valence-corrected chi connectivity index (χ0v) is 22.1. The monoisotopic (exact) mass is 504 g/mol. The van der Waals surface area contributed by atoms with Crippen LogP contribution in [0.15, 0.2) is 84.9 Å². The molecule has 4 aromatic rings. The van der Waals surface area contributed by atoms with Gasteiger partial charge in [-0.3, -0.25) is 14.4 Å². The second-order valence-electron chi connectivity index (χ2n) is 10.0. The Balaban J connectivity index is 1.60. The van der Waals surface area contributed by atoms with E-state index in [-0.39, 0.29) is 23.5 Å². The first-order chi connectivity index (χ1) is 18.4. The van der Waals surface area contributed by atoms with Gasteiger partial charge in [0.15, 0.2) is 5.78 Å². The molecule has 0 radical (unpaired) electrons. The van der Waals surface area contributed by atoms with E-state index in [1.165, 1.54) is 6.92 Å². The Labute approximate surface area is 223 Å². The quantitative estimate of drug-likeness (QED) is 0.267. The van der Waals surface area contributed by atoms with E-state index in [0.29, 0.717) is 30.6 Å². The number of carbonyl (C=O) groups is 3. The highest BCUT2D eigenvalue weighted by Crippen LogP contribution is 2.38. The number of para-hydroxylation sites is 2. The number of fused-ring (bicyclic) bond motifs is 2. The molecule has 0 fully saturated rings. The number of nitrogens with zero attached hydrogens (tertiary/aromatic N) is 2. The van der Waals surface area contributed by atoms with Crippen LogP contribution in [-0.4, -0.2) is 24.1 Å². The van der Waals surface area contributed by atoms with Gasteiger partial charge in [0.25, 0.3) is 5.91 Å². The number of Topliss-reactive ketones (excluding diaryl/α,β-unsaturated/α-hetero) is 1. The molecule has 5 rings (SSSR count). The lowest BCUT2D eigenvalue weighted by Crippen LogP contribution is -2.39. The van der Waals surface area contributed by atoms with Crippen molar-refractivity contribution in [3.63, 3.8) is 0 Å². The number of aryl methyl sites for hydroxylation is 1. The molecule has 0 aliphatic carbocycles. The highest BCUT2D eigenvalue weighted by Gasteiger charge is 2.36. The summed E-state index contributed by atoms with van der Waals surface area (Å²) in [6.45, 7) is 6.40. The van der Waals surface area contributed by atoms with E-state index in [4.69, 9.17) is 0 Å². The summed E-state index contributed by atoms with van der Waals surface area (Å²) >= 11 is 0. The molecule has 1 atom stereocenters. The fourth-order valence-electron chi connectivity index (χ4n) is 5.39. The Morgan fingerprint density at radius 2 is 1.50 bits per heavy atom. The first-order valence-electron chi connectivity index (χ1n) is 13.2. The molecule has 0 bridgehead atoms. The van der Waals surface area contributed by atoms with Crippen LogP contribution in [-0.2, 0) is 11.3 Å². The fraction of sp³-hybridized carbons (Fsp3) is 0.242. The van der Waals surface area contributed by atoms with Crippen molar-refractivity contribution >= 4 is 39.7 Å². The standard InChI is InChI=1S/C33H32N2O3/c1-4-9-27-20-34(32(37)26-18-16-24(17-19-26)23(3)36)30-12-7-8-13-31(30)35(33(27)38)21-29-22(2)14-15-25-10-5-6-11-28(25)29/h5-8,10-19,27H,4,9,20-21H2,1-3H3. The molecule has 1 unspecified atom stereocenters. The number of ketones is 1. The topological polar surface area (TPSA) is 57.7 Å². The maximum Gasteiger partial charge on any atom is 0.258 e. The molecule has 5 heteroatoms. The number of carbonyl (C=O) groups excluding carboxylic acids is 3. The molecule has 0 saturated heterocycles. The smallest absolute Gasteiger partial charge is 0.258 e. The summed E-state index contributed by atoms with van der Waals surface area (Å²) in [6.07, 6.45) is 1.52. The van der Waals surface area contributed by atoms with Gasteiger partial charge in [-0.1, -0.05) is 74.0 Å². The summed E-state index contributed by atoms with van der Waals surface area (Å²) in [5.41, 5.74) is 4.75. The maximum absolute atomic E-state index is 14.1. The van der Waals surface area contributed by atoms with Crippen molar-refractivity contribution in [2.24, 2.45) is 5.92 Å². The first kappa shape index (κ1) is 25.4. The third-order valence-electron chi connectivity index (χ3n) is 7.49. The van der Waals surface area contributed by atoms with Crippen molar-refractivity contribution in [1.82, 2.24) is 0 Å². The number of amides is 2. The van der Waals surface area contributed by atoms with Crippen LogP contribution in [0.4, 0.5) is 11.4 Å². The molecule has 2 amide bonds. The summed E-state index contributed by atoms with van der Waals surface area (Å²) < 4.78 is 0. The third-order valence-corrected chi connectivity index (χ3v) is 7.49. The molecule has 0 aromatic heterocycles. The van der Waals surface area contributed by atoms with Gasteiger partial charge in [0, 0.05) is 17.7 Å². The second-order valence-corrected chi connectivity index (χ2v) is 10.0. The van der Waals surface area contributed by atoms with Gasteiger partial charge in [0.2, 0.25) is 5.91 Å². The van der Waals surface area contributed by atoms with E-state index in [2.05, 4.69) is 38.1 Å². The summed E-state index contributed by atoms with van der Waals surface area (Å²) in [5, 5.41) is 2.27. The van der Waals surface area contributed by atoms with Crippen molar-refractivity contribution in [2.75, 3.05) is 16.3 Å². The highest BCUT2D eigenvalue weighted by atomic mass is 16.2. The molecule has 0 saturated carbocycles. The molecule has 1 aliphatic heterocycles. The number of benzene rings is 4. The van der Waals surface area contributed by atoms with Crippen LogP contribution < -0.4 is 9.80 Å². The predicted molar refractivity (Wildman–Crippen MR) is 153 cm³/mol. The zero-order chi connectivity index (χ0) is 26.8. The van der Waals surface area contributed by atoms with Crippen molar-refractivity contribution in [1.29, 1.82) is 0 Å². The predicted octanol–water partition coefficient (Wildman–Crippen LogP) is 6.96. The minimum Gasteiger partial charge on any atom is -0.306 e. The summed E-state index contributed by atoms with van der Waals surface area (Å²) in [5.74, 6) is -0.515. The summed E-state index contributed by atoms with van der Waals surface area (Å²) in [7, 11) is 0. The lowest BCUT2D eigenvalue weighted by Gasteiger charge is -2.27. The van der Waals surface area contributed by atoms with Gasteiger partial charge in [0.05, 0.1) is 23.8 Å². The second kappa shape index (κ2) is 10.6. The Bertz CT molecular complexity index is 1520. The maximum atomic E-state index is 14.1. The first-order valence-corrected chi connectivity index (χ1v) is 13.2. The van der Waals surface area contributed by atoms with Crippen LogP contribution in [0.25, 0.3) is 10.8 Å². The molecule has 1 heterocycles. The SMILES string of the molecule is CCCC1CN(C(=O)c2ccc(C(C)=O)cc2)c2ccccc2N(Cc2c(C)ccc3ccccc23)C1=O. The Kier molecular flexibility index (Phi) is 7.10. The van der Waals surface area contributed by atoms with Crippen molar-refractivity contribution in [3.05, 3.63) is 107 Å². The largest absolute Gasteiger partial charge is 0.306 e. The molecule has 0 N–H and O–H groups in total. The van der Waals surface area contributed by atoms with Crippen molar-refractivity contribution in [3.8, 4) is 0 Å². The third kappa shape index (κ3) is 4.72. The Hall–Kier alpha value is -4.25. The van der Waals surface area contributed by atoms with E-state index in [1.54, 1.807) is 29.2 Å². The zero-order valence-electron chi connectivity index (χ0n) is 22.1. The lowest BCUT2D eigenvalue weighted by atomic mass is 9.97. The van der Waals surface area contributed by atoms with E-state index < -0.39 is 0 Å². The number of rotatable bonds is 6. The van der Waals surface area contributed by atoms with Gasteiger partial charge in [-0.2, -0.15) is 0 Å². The van der Waals surface area contributed by atoms with Crippen molar-refractivity contribution < 1.29 is 14.4 Å². The van der Waals surface area contributed by atoms with Gasteiger partial charge < -0.3 is 9.80 Å². The summed E-state index contributed by atoms with van der Waals surface area (Å²) in [4.78, 5) is 43.3. The number of hydrogen-bond donors (Lipinski definition) is 0. The lowest BCUT2D eigenvalue weighted by molar-refractivity contribution is -0.122. The van der Waals surface area contributed by atoms with Gasteiger partial charge in [-0.15, -0.1) is 0 Å². The Morgan fingerprint density at radius 3 is 2.21 bits per heavy atom. The van der Waals surface area contributed by atoms with Crippen LogP contribution in [0.1, 0.15) is 58.5 Å². The Morgan fingerprint density at radius 1 is 0.842 bits per heavy atom. The van der Waals surface area contributed by atoms with Gasteiger partial charge in [-0.05, 0) is 66.4 Å². The molecule has 192 valence electrons. The average Bonchev–Trinajstić information content (AvgIpc) is 3.05. The van der Waals surface area contributed by atoms with E-state index in [1.807, 2.05) is 41.3 Å². The molecule has 38 heavy (non-hydrogen) atoms. The minimum atomic E-state index is -0.330. The highest BCUT2D eigenvalue weighted by molar-refractivity contribution is 6.12. The molecule has 0 spiro atoms. The molecular formula is C33H32N2O3. The molecule has 1 aliphatic rings. The summed E-state index contributed by atoms with van der Waals surface area (Å²) in [6, 6.07) is 26.9. The van der Waals surface area contributed by atoms with Crippen LogP contribution in [0.3, 0.4) is 0 Å². The number of anilines is 2. The van der Waals surface area contributed by atoms with E-state index >= 15 is 0 Å². The van der Waals surface area contributed by atoms with Crippen molar-refractivity contribution in [2.45, 2.75) is 40.2 Å². The minimum absolute atomic E-state index is 0.0360. The van der Waals surface area contributed by atoms with E-state index in [0.717, 1.165) is 39.7 Å². The van der Waals surface area contributed by atoms with Crippen LogP contribution in [0.5, 0.6) is 0 Å². The van der Waals surface area contributed by atoms with Crippen LogP contribution in [0.2, 0.25) is 0 Å². The van der Waals surface area contributed by atoms with Crippen LogP contribution in [0, 0.1) is 12.8 Å².